The van der Waals surface area contributed by atoms with Crippen LogP contribution in [-0.4, -0.2) is 17.1 Å². The molecule has 0 unspecified atom stereocenters. The first kappa shape index (κ1) is 13.1. The van der Waals surface area contributed by atoms with Crippen molar-refractivity contribution in [2.24, 2.45) is 0 Å². The van der Waals surface area contributed by atoms with Gasteiger partial charge in [-0.25, -0.2) is 9.97 Å². The van der Waals surface area contributed by atoms with Gasteiger partial charge in [-0.2, -0.15) is 0 Å². The molecule has 1 heterocycles. The van der Waals surface area contributed by atoms with Gasteiger partial charge in [0.2, 0.25) is 0 Å². The van der Waals surface area contributed by atoms with Crippen molar-refractivity contribution in [2.45, 2.75) is 6.92 Å². The van der Waals surface area contributed by atoms with Crippen molar-refractivity contribution in [1.82, 2.24) is 9.97 Å². The van der Waals surface area contributed by atoms with Crippen LogP contribution in [0.25, 0.3) is 0 Å². The number of ether oxygens (including phenoxy) is 1. The standard InChI is InChI=1S/C12H11BrClN3O/c1-7-15-11(14)6-12(16-7)17-9-3-8(13)4-10(5-9)18-2/h3-6H,1-2H3,(H,15,16,17). The summed E-state index contributed by atoms with van der Waals surface area (Å²) in [5, 5.41) is 3.56. The Labute approximate surface area is 118 Å². The predicted octanol–water partition coefficient (Wildman–Crippen LogP) is 3.95. The van der Waals surface area contributed by atoms with Crippen LogP contribution in [-0.2, 0) is 0 Å². The highest BCUT2D eigenvalue weighted by Crippen LogP contribution is 2.26. The summed E-state index contributed by atoms with van der Waals surface area (Å²) in [5.41, 5.74) is 0.857. The molecule has 0 aliphatic rings. The van der Waals surface area contributed by atoms with Gasteiger partial charge in [0.1, 0.15) is 22.5 Å². The van der Waals surface area contributed by atoms with E-state index in [0.717, 1.165) is 15.9 Å². The van der Waals surface area contributed by atoms with E-state index in [1.54, 1.807) is 20.1 Å². The molecule has 0 aliphatic heterocycles. The quantitative estimate of drug-likeness (QED) is 0.867. The number of anilines is 2. The molecule has 0 saturated carbocycles. The fourth-order valence-corrected chi connectivity index (χ4v) is 2.19. The zero-order valence-electron chi connectivity index (χ0n) is 9.87. The monoisotopic (exact) mass is 327 g/mol. The third-order valence-corrected chi connectivity index (χ3v) is 2.84. The Kier molecular flexibility index (Phi) is 4.04. The number of aryl methyl sites for hydroxylation is 1. The van der Waals surface area contributed by atoms with Crippen molar-refractivity contribution in [2.75, 3.05) is 12.4 Å². The molecule has 94 valence electrons. The van der Waals surface area contributed by atoms with Crippen LogP contribution in [0.1, 0.15) is 5.82 Å². The average molecular weight is 329 g/mol. The van der Waals surface area contributed by atoms with E-state index >= 15 is 0 Å². The number of nitrogens with one attached hydrogen (secondary N) is 1. The third-order valence-electron chi connectivity index (χ3n) is 2.19. The number of hydrogen-bond donors (Lipinski definition) is 1. The minimum absolute atomic E-state index is 0.409. The first-order valence-electron chi connectivity index (χ1n) is 5.19. The maximum absolute atomic E-state index is 5.88. The SMILES string of the molecule is COc1cc(Br)cc(Nc2cc(Cl)nc(C)n2)c1. The molecule has 1 aromatic heterocycles. The number of aromatic nitrogens is 2. The van der Waals surface area contributed by atoms with E-state index in [0.29, 0.717) is 16.8 Å². The number of hydrogen-bond acceptors (Lipinski definition) is 4. The first-order valence-corrected chi connectivity index (χ1v) is 6.37. The molecule has 0 amide bonds. The Morgan fingerprint density at radius 3 is 2.67 bits per heavy atom. The Bertz CT molecular complexity index is 557. The van der Waals surface area contributed by atoms with Crippen molar-refractivity contribution >= 4 is 39.0 Å². The molecule has 0 spiro atoms. The zero-order chi connectivity index (χ0) is 13.1. The summed E-state index contributed by atoms with van der Waals surface area (Å²) in [6.45, 7) is 1.79. The molecular formula is C12H11BrClN3O. The van der Waals surface area contributed by atoms with Gasteiger partial charge in [0.15, 0.2) is 0 Å². The number of methoxy groups -OCH3 is 1. The van der Waals surface area contributed by atoms with Gasteiger partial charge in [-0.05, 0) is 19.1 Å². The molecule has 18 heavy (non-hydrogen) atoms. The van der Waals surface area contributed by atoms with Crippen molar-refractivity contribution < 1.29 is 4.74 Å². The van der Waals surface area contributed by atoms with Gasteiger partial charge in [0, 0.05) is 22.3 Å². The molecular weight excluding hydrogens is 318 g/mol. The number of halogens is 2. The lowest BCUT2D eigenvalue weighted by molar-refractivity contribution is 0.415. The van der Waals surface area contributed by atoms with E-state index in [-0.39, 0.29) is 0 Å². The molecule has 0 bridgehead atoms. The van der Waals surface area contributed by atoms with Gasteiger partial charge >= 0.3 is 0 Å². The van der Waals surface area contributed by atoms with Crippen LogP contribution in [0.3, 0.4) is 0 Å². The maximum Gasteiger partial charge on any atom is 0.135 e. The second kappa shape index (κ2) is 5.54. The van der Waals surface area contributed by atoms with Gasteiger partial charge in [-0.15, -0.1) is 0 Å². The molecule has 0 atom stereocenters. The fraction of sp³-hybridized carbons (Fsp3) is 0.167. The molecule has 1 aromatic carbocycles. The van der Waals surface area contributed by atoms with Crippen LogP contribution < -0.4 is 10.1 Å². The summed E-state index contributed by atoms with van der Waals surface area (Å²) in [5.74, 6) is 2.02. The highest BCUT2D eigenvalue weighted by atomic mass is 79.9. The lowest BCUT2D eigenvalue weighted by atomic mass is 10.3. The first-order chi connectivity index (χ1) is 8.56. The summed E-state index contributed by atoms with van der Waals surface area (Å²) in [6.07, 6.45) is 0. The minimum atomic E-state index is 0.409. The van der Waals surface area contributed by atoms with Crippen molar-refractivity contribution in [1.29, 1.82) is 0 Å². The minimum Gasteiger partial charge on any atom is -0.497 e. The lowest BCUT2D eigenvalue weighted by Gasteiger charge is -2.09. The highest BCUT2D eigenvalue weighted by Gasteiger charge is 2.03. The highest BCUT2D eigenvalue weighted by molar-refractivity contribution is 9.10. The van der Waals surface area contributed by atoms with Gasteiger partial charge < -0.3 is 10.1 Å². The number of benzene rings is 1. The zero-order valence-corrected chi connectivity index (χ0v) is 12.2. The van der Waals surface area contributed by atoms with Gasteiger partial charge in [-0.1, -0.05) is 27.5 Å². The van der Waals surface area contributed by atoms with Gasteiger partial charge in [0.25, 0.3) is 0 Å². The second-order valence-electron chi connectivity index (χ2n) is 3.63. The largest absolute Gasteiger partial charge is 0.497 e. The Morgan fingerprint density at radius 2 is 2.00 bits per heavy atom. The molecule has 2 rings (SSSR count). The predicted molar refractivity (Wildman–Crippen MR) is 75.8 cm³/mol. The van der Waals surface area contributed by atoms with Crippen molar-refractivity contribution in [3.05, 3.63) is 39.7 Å². The smallest absolute Gasteiger partial charge is 0.135 e. The van der Waals surface area contributed by atoms with E-state index < -0.39 is 0 Å². The summed E-state index contributed by atoms with van der Waals surface area (Å²) < 4.78 is 6.11. The molecule has 4 nitrogen and oxygen atoms in total. The van der Waals surface area contributed by atoms with E-state index in [2.05, 4.69) is 31.2 Å². The molecule has 6 heteroatoms. The normalized spacial score (nSPS) is 10.2. The topological polar surface area (TPSA) is 47.0 Å². The Hall–Kier alpha value is -1.33. The summed E-state index contributed by atoms with van der Waals surface area (Å²) >= 11 is 9.30. The summed E-state index contributed by atoms with van der Waals surface area (Å²) in [7, 11) is 1.62. The van der Waals surface area contributed by atoms with Crippen LogP contribution in [0.5, 0.6) is 5.75 Å². The van der Waals surface area contributed by atoms with Crippen LogP contribution in [0.4, 0.5) is 11.5 Å². The van der Waals surface area contributed by atoms with Crippen LogP contribution >= 0.6 is 27.5 Å². The average Bonchev–Trinajstić information content (AvgIpc) is 2.26. The molecule has 2 aromatic rings. The number of nitrogens with zero attached hydrogens (tertiary/aromatic N) is 2. The van der Waals surface area contributed by atoms with Crippen LogP contribution in [0.15, 0.2) is 28.7 Å². The van der Waals surface area contributed by atoms with E-state index in [4.69, 9.17) is 16.3 Å². The Morgan fingerprint density at radius 1 is 1.22 bits per heavy atom. The van der Waals surface area contributed by atoms with Crippen LogP contribution in [0.2, 0.25) is 5.15 Å². The summed E-state index contributed by atoms with van der Waals surface area (Å²) in [6, 6.07) is 7.34. The Balaban J connectivity index is 2.30. The molecule has 0 radical (unpaired) electrons. The van der Waals surface area contributed by atoms with E-state index in [1.807, 2.05) is 18.2 Å². The van der Waals surface area contributed by atoms with E-state index in [1.165, 1.54) is 0 Å². The second-order valence-corrected chi connectivity index (χ2v) is 4.93. The van der Waals surface area contributed by atoms with Gasteiger partial charge in [0.05, 0.1) is 7.11 Å². The lowest BCUT2D eigenvalue weighted by Crippen LogP contribution is -1.97. The molecule has 1 N–H and O–H groups in total. The molecule has 0 fully saturated rings. The molecule has 0 aliphatic carbocycles. The van der Waals surface area contributed by atoms with E-state index in [9.17, 15) is 0 Å². The summed E-state index contributed by atoms with van der Waals surface area (Å²) in [4.78, 5) is 8.26. The maximum atomic E-state index is 5.88. The van der Waals surface area contributed by atoms with Gasteiger partial charge in [-0.3, -0.25) is 0 Å². The van der Waals surface area contributed by atoms with Crippen molar-refractivity contribution in [3.63, 3.8) is 0 Å². The molecule has 0 saturated heterocycles. The van der Waals surface area contributed by atoms with Crippen molar-refractivity contribution in [3.8, 4) is 5.75 Å². The fourth-order valence-electron chi connectivity index (χ4n) is 1.50. The number of rotatable bonds is 3. The third kappa shape index (κ3) is 3.34. The van der Waals surface area contributed by atoms with Crippen LogP contribution in [0, 0.1) is 6.92 Å².